The lowest BCUT2D eigenvalue weighted by Crippen LogP contribution is -2.48. The minimum absolute atomic E-state index is 0.00914. The van der Waals surface area contributed by atoms with Gasteiger partial charge in [0.05, 0.1) is 0 Å². The molecule has 0 aliphatic carbocycles. The Bertz CT molecular complexity index is 633. The first kappa shape index (κ1) is 17.1. The third kappa shape index (κ3) is 4.12. The zero-order valence-corrected chi connectivity index (χ0v) is 12.4. The molecule has 1 unspecified atom stereocenters. The number of amides is 1. The molecule has 2 rings (SSSR count). The van der Waals surface area contributed by atoms with Crippen LogP contribution < -0.4 is 0 Å². The fourth-order valence-electron chi connectivity index (χ4n) is 2.66. The molecule has 0 spiro atoms. The van der Waals surface area contributed by atoms with Crippen LogP contribution in [0.25, 0.3) is 0 Å². The number of benzene rings is 1. The molecule has 0 bridgehead atoms. The lowest BCUT2D eigenvalue weighted by molar-refractivity contribution is -0.152. The highest BCUT2D eigenvalue weighted by Crippen LogP contribution is 2.19. The van der Waals surface area contributed by atoms with Crippen molar-refractivity contribution in [2.24, 2.45) is 0 Å². The molecular formula is C16H17F2NO4. The number of nitrogens with zero attached hydrogens (tertiary/aromatic N) is 1. The van der Waals surface area contributed by atoms with Gasteiger partial charge in [-0.15, -0.1) is 0 Å². The molecule has 0 radical (unpaired) electrons. The Balaban J connectivity index is 1.96. The first-order chi connectivity index (χ1) is 10.9. The van der Waals surface area contributed by atoms with Crippen LogP contribution in [-0.4, -0.2) is 40.3 Å². The molecule has 5 nitrogen and oxygen atoms in total. The van der Waals surface area contributed by atoms with Crippen molar-refractivity contribution in [3.05, 3.63) is 35.4 Å². The van der Waals surface area contributed by atoms with E-state index in [-0.39, 0.29) is 18.4 Å². The molecule has 1 aliphatic rings. The number of hydrogen-bond acceptors (Lipinski definition) is 3. The fraction of sp³-hybridized carbons (Fsp3) is 0.438. The summed E-state index contributed by atoms with van der Waals surface area (Å²) in [4.78, 5) is 36.5. The van der Waals surface area contributed by atoms with E-state index in [1.807, 2.05) is 0 Å². The van der Waals surface area contributed by atoms with Gasteiger partial charge in [-0.3, -0.25) is 9.59 Å². The molecule has 1 aromatic rings. The van der Waals surface area contributed by atoms with Gasteiger partial charge >= 0.3 is 5.97 Å². The van der Waals surface area contributed by atoms with Crippen LogP contribution in [0.5, 0.6) is 0 Å². The summed E-state index contributed by atoms with van der Waals surface area (Å²) in [5, 5.41) is 9.13. The second-order valence-electron chi connectivity index (χ2n) is 5.49. The third-order valence-corrected chi connectivity index (χ3v) is 3.92. The van der Waals surface area contributed by atoms with E-state index in [1.165, 1.54) is 4.90 Å². The quantitative estimate of drug-likeness (QED) is 0.844. The van der Waals surface area contributed by atoms with E-state index in [0.717, 1.165) is 31.0 Å². The first-order valence-corrected chi connectivity index (χ1v) is 7.40. The number of carbonyl (C=O) groups excluding carboxylic acids is 2. The van der Waals surface area contributed by atoms with E-state index in [4.69, 9.17) is 5.11 Å². The molecule has 1 heterocycles. The lowest BCUT2D eigenvalue weighted by atomic mass is 10.0. The summed E-state index contributed by atoms with van der Waals surface area (Å²) in [6, 6.07) is 1.96. The van der Waals surface area contributed by atoms with Crippen LogP contribution in [0.4, 0.5) is 8.78 Å². The van der Waals surface area contributed by atoms with Gasteiger partial charge in [0.1, 0.15) is 6.04 Å². The van der Waals surface area contributed by atoms with E-state index in [9.17, 15) is 23.2 Å². The summed E-state index contributed by atoms with van der Waals surface area (Å²) in [6.07, 6.45) is 1.55. The van der Waals surface area contributed by atoms with E-state index < -0.39 is 35.3 Å². The van der Waals surface area contributed by atoms with Crippen molar-refractivity contribution < 1.29 is 28.3 Å². The number of piperidine rings is 1. The van der Waals surface area contributed by atoms with Gasteiger partial charge in [0.25, 0.3) is 0 Å². The Hall–Kier alpha value is -2.31. The smallest absolute Gasteiger partial charge is 0.326 e. The van der Waals surface area contributed by atoms with E-state index in [2.05, 4.69) is 0 Å². The molecule has 0 aromatic heterocycles. The highest BCUT2D eigenvalue weighted by Gasteiger charge is 2.31. The van der Waals surface area contributed by atoms with Crippen molar-refractivity contribution >= 4 is 17.7 Å². The maximum absolute atomic E-state index is 13.1. The average molecular weight is 325 g/mol. The molecule has 124 valence electrons. The predicted octanol–water partition coefficient (Wildman–Crippen LogP) is 2.39. The molecule has 1 fully saturated rings. The zero-order chi connectivity index (χ0) is 17.0. The molecule has 1 atom stereocenters. The summed E-state index contributed by atoms with van der Waals surface area (Å²) in [6.45, 7) is 0.356. The van der Waals surface area contributed by atoms with Crippen LogP contribution in [0.2, 0.25) is 0 Å². The summed E-state index contributed by atoms with van der Waals surface area (Å²) in [5.41, 5.74) is -0.00914. The number of hydrogen-bond donors (Lipinski definition) is 1. The average Bonchev–Trinajstić information content (AvgIpc) is 2.54. The highest BCUT2D eigenvalue weighted by molar-refractivity contribution is 5.98. The van der Waals surface area contributed by atoms with Gasteiger partial charge < -0.3 is 10.0 Å². The highest BCUT2D eigenvalue weighted by atomic mass is 19.2. The number of halogens is 2. The second kappa shape index (κ2) is 7.30. The van der Waals surface area contributed by atoms with Crippen LogP contribution in [-0.2, 0) is 9.59 Å². The minimum atomic E-state index is -1.12. The molecule has 1 amide bonds. The molecular weight excluding hydrogens is 308 g/mol. The molecule has 1 aliphatic heterocycles. The van der Waals surface area contributed by atoms with Gasteiger partial charge in [-0.05, 0) is 37.5 Å². The normalized spacial score (nSPS) is 17.8. The molecule has 1 saturated heterocycles. The summed E-state index contributed by atoms with van der Waals surface area (Å²) in [5.74, 6) is -4.11. The van der Waals surface area contributed by atoms with E-state index in [1.54, 1.807) is 0 Å². The Morgan fingerprint density at radius 3 is 2.52 bits per heavy atom. The van der Waals surface area contributed by atoms with Crippen molar-refractivity contribution in [3.63, 3.8) is 0 Å². The van der Waals surface area contributed by atoms with Crippen LogP contribution in [0.3, 0.4) is 0 Å². The van der Waals surface area contributed by atoms with Crippen LogP contribution in [0.1, 0.15) is 42.5 Å². The number of carbonyl (C=O) groups is 3. The topological polar surface area (TPSA) is 74.7 Å². The number of Topliss-reactive ketones (excluding diaryl/α,β-unsaturated/α-hetero) is 1. The maximum Gasteiger partial charge on any atom is 0.326 e. The summed E-state index contributed by atoms with van der Waals surface area (Å²) >= 11 is 0. The lowest BCUT2D eigenvalue weighted by Gasteiger charge is -2.33. The van der Waals surface area contributed by atoms with Crippen molar-refractivity contribution in [2.45, 2.75) is 38.1 Å². The standard InChI is InChI=1S/C16H17F2NO4/c17-11-5-4-10(9-12(11)18)14(20)6-7-15(21)19-8-2-1-3-13(19)16(22)23/h4-5,9,13H,1-3,6-8H2,(H,22,23). The Labute approximate surface area is 131 Å². The molecule has 0 saturated carbocycles. The van der Waals surface area contributed by atoms with E-state index in [0.29, 0.717) is 13.0 Å². The number of aliphatic carboxylic acids is 1. The zero-order valence-electron chi connectivity index (χ0n) is 12.4. The van der Waals surface area contributed by atoms with Gasteiger partial charge in [0, 0.05) is 24.9 Å². The minimum Gasteiger partial charge on any atom is -0.480 e. The monoisotopic (exact) mass is 325 g/mol. The number of carboxylic acids is 1. The Morgan fingerprint density at radius 1 is 1.13 bits per heavy atom. The van der Waals surface area contributed by atoms with Crippen LogP contribution in [0.15, 0.2) is 18.2 Å². The van der Waals surface area contributed by atoms with Crippen LogP contribution >= 0.6 is 0 Å². The second-order valence-corrected chi connectivity index (χ2v) is 5.49. The van der Waals surface area contributed by atoms with Gasteiger partial charge in [-0.25, -0.2) is 13.6 Å². The number of rotatable bonds is 5. The largest absolute Gasteiger partial charge is 0.480 e. The van der Waals surface area contributed by atoms with Gasteiger partial charge in [-0.2, -0.15) is 0 Å². The Kier molecular flexibility index (Phi) is 5.41. The maximum atomic E-state index is 13.1. The molecule has 1 aromatic carbocycles. The van der Waals surface area contributed by atoms with Crippen molar-refractivity contribution in [3.8, 4) is 0 Å². The van der Waals surface area contributed by atoms with Crippen LogP contribution in [0, 0.1) is 11.6 Å². The third-order valence-electron chi connectivity index (χ3n) is 3.92. The van der Waals surface area contributed by atoms with Crippen molar-refractivity contribution in [2.75, 3.05) is 6.54 Å². The summed E-state index contributed by atoms with van der Waals surface area (Å²) in [7, 11) is 0. The number of carboxylic acid groups (broad SMARTS) is 1. The summed E-state index contributed by atoms with van der Waals surface area (Å²) < 4.78 is 25.9. The van der Waals surface area contributed by atoms with E-state index >= 15 is 0 Å². The number of ketones is 1. The van der Waals surface area contributed by atoms with Gasteiger partial charge in [0.15, 0.2) is 17.4 Å². The Morgan fingerprint density at radius 2 is 1.87 bits per heavy atom. The molecule has 23 heavy (non-hydrogen) atoms. The first-order valence-electron chi connectivity index (χ1n) is 7.40. The van der Waals surface area contributed by atoms with Crippen molar-refractivity contribution in [1.82, 2.24) is 4.90 Å². The predicted molar refractivity (Wildman–Crippen MR) is 76.9 cm³/mol. The van der Waals surface area contributed by atoms with Gasteiger partial charge in [-0.1, -0.05) is 0 Å². The van der Waals surface area contributed by atoms with Crippen molar-refractivity contribution in [1.29, 1.82) is 0 Å². The van der Waals surface area contributed by atoms with Gasteiger partial charge in [0.2, 0.25) is 5.91 Å². The SMILES string of the molecule is O=C(CCC(=O)N1CCCCC1C(=O)O)c1ccc(F)c(F)c1. The number of likely N-dealkylation sites (tertiary alicyclic amines) is 1. The molecule has 1 N–H and O–H groups in total. The fourth-order valence-corrected chi connectivity index (χ4v) is 2.66. The molecule has 7 heteroatoms.